The molecule has 1 N–H and O–H groups in total. The molecule has 0 saturated heterocycles. The second-order valence-corrected chi connectivity index (χ2v) is 16.5. The largest absolute Gasteiger partial charge is 0.508 e. The molecule has 3 fully saturated rings. The smallest absolute Gasteiger partial charge is 0.312 e. The van der Waals surface area contributed by atoms with Crippen molar-refractivity contribution in [3.05, 3.63) is 29.8 Å². The number of phenols is 1. The molecule has 7 heteroatoms. The van der Waals surface area contributed by atoms with Gasteiger partial charge in [0.1, 0.15) is 23.1 Å². The van der Waals surface area contributed by atoms with Crippen LogP contribution in [-0.4, -0.2) is 40.3 Å². The fraction of sp³-hybridized carbons (Fsp3) is 0.812. The summed E-state index contributed by atoms with van der Waals surface area (Å²) < 4.78 is 17.3. The predicted molar refractivity (Wildman–Crippen MR) is 238 cm³/mol. The van der Waals surface area contributed by atoms with Crippen molar-refractivity contribution < 1.29 is 33.7 Å². The summed E-state index contributed by atoms with van der Waals surface area (Å²) in [6.45, 7) is 20.4. The highest BCUT2D eigenvalue weighted by Crippen LogP contribution is 2.41. The third-order valence-electron chi connectivity index (χ3n) is 11.6. The van der Waals surface area contributed by atoms with Gasteiger partial charge in [0, 0.05) is 0 Å². The average Bonchev–Trinajstić information content (AvgIpc) is 3.85. The molecule has 0 spiro atoms. The number of hydrogen-bond acceptors (Lipinski definition) is 7. The number of carbonyl (C=O) groups excluding carboxylic acids is 3. The normalized spacial score (nSPS) is 17.1. The lowest BCUT2D eigenvalue weighted by molar-refractivity contribution is -0.177. The van der Waals surface area contributed by atoms with Crippen LogP contribution in [-0.2, 0) is 28.6 Å². The predicted octanol–water partition coefficient (Wildman–Crippen LogP) is 14.8. The van der Waals surface area contributed by atoms with E-state index in [0.29, 0.717) is 17.6 Å². The van der Waals surface area contributed by atoms with Crippen LogP contribution in [0.3, 0.4) is 0 Å². The summed E-state index contributed by atoms with van der Waals surface area (Å²) in [5, 5.41) is 9.01. The molecular formula is C48H94O7. The lowest BCUT2D eigenvalue weighted by Crippen LogP contribution is -2.41. The SMILES string of the molecule is C.C.C.C.C.C.CCC(C)(C)C(=O)OC1(C(C)C)CCCC1.CCC(C)(C)C(=O)OC1(CC(=O)OC2CCCC2)CCCC1.CCC(C)c1ccc(O)cc1. The van der Waals surface area contributed by atoms with Gasteiger partial charge in [0.15, 0.2) is 0 Å². The van der Waals surface area contributed by atoms with E-state index in [1.165, 1.54) is 18.4 Å². The van der Waals surface area contributed by atoms with Crippen molar-refractivity contribution in [1.82, 2.24) is 0 Å². The number of esters is 3. The summed E-state index contributed by atoms with van der Waals surface area (Å²) in [5.74, 6) is 0.950. The van der Waals surface area contributed by atoms with Crippen molar-refractivity contribution in [2.45, 2.75) is 240 Å². The van der Waals surface area contributed by atoms with Crippen molar-refractivity contribution in [2.24, 2.45) is 16.7 Å². The third-order valence-corrected chi connectivity index (χ3v) is 11.6. The maximum atomic E-state index is 12.4. The van der Waals surface area contributed by atoms with Crippen molar-refractivity contribution in [2.75, 3.05) is 0 Å². The Morgan fingerprint density at radius 3 is 1.51 bits per heavy atom. The molecule has 7 nitrogen and oxygen atoms in total. The number of ether oxygens (including phenoxy) is 3. The van der Waals surface area contributed by atoms with Gasteiger partial charge in [-0.2, -0.15) is 0 Å². The zero-order valence-electron chi connectivity index (χ0n) is 32.8. The summed E-state index contributed by atoms with van der Waals surface area (Å²) in [7, 11) is 0. The first kappa shape index (κ1) is 61.6. The Morgan fingerprint density at radius 2 is 1.11 bits per heavy atom. The molecule has 1 aromatic carbocycles. The standard InChI is InChI=1S/C18H30O4.C14H26O2.C10H14O.6CH4/c1-4-17(2,3)16(20)22-18(11-7-8-12-18)13-15(19)21-14-9-5-6-10-14;1-6-13(4,5)12(15)16-14(11(2)3)9-7-8-10-14;1-3-8(2)9-4-6-10(11)7-5-9;;;;;;/h14H,4-13H2,1-3H3;11H,6-10H2,1-5H3;4-8,11H,3H2,1-2H3;6*1H4. The number of benzene rings is 1. The molecule has 1 aromatic rings. The molecule has 4 rings (SSSR count). The molecule has 1 unspecified atom stereocenters. The van der Waals surface area contributed by atoms with Crippen LogP contribution in [0.1, 0.15) is 228 Å². The van der Waals surface area contributed by atoms with Crippen LogP contribution >= 0.6 is 0 Å². The Bertz CT molecular complexity index is 1150. The van der Waals surface area contributed by atoms with Crippen molar-refractivity contribution in [1.29, 1.82) is 0 Å². The second-order valence-electron chi connectivity index (χ2n) is 16.5. The van der Waals surface area contributed by atoms with Crippen LogP contribution in [0.25, 0.3) is 0 Å². The maximum Gasteiger partial charge on any atom is 0.312 e. The molecule has 3 saturated carbocycles. The highest BCUT2D eigenvalue weighted by Gasteiger charge is 2.44. The van der Waals surface area contributed by atoms with Gasteiger partial charge in [-0.25, -0.2) is 0 Å². The molecule has 0 radical (unpaired) electrons. The third kappa shape index (κ3) is 19.0. The van der Waals surface area contributed by atoms with Crippen LogP contribution in [0.5, 0.6) is 5.75 Å². The van der Waals surface area contributed by atoms with E-state index in [1.807, 2.05) is 53.7 Å². The maximum absolute atomic E-state index is 12.4. The molecular weight excluding hydrogens is 689 g/mol. The van der Waals surface area contributed by atoms with Gasteiger partial charge >= 0.3 is 17.9 Å². The Balaban J connectivity index is -0.000000226. The van der Waals surface area contributed by atoms with Gasteiger partial charge in [0.2, 0.25) is 0 Å². The van der Waals surface area contributed by atoms with Crippen LogP contribution in [0.15, 0.2) is 24.3 Å². The van der Waals surface area contributed by atoms with Crippen molar-refractivity contribution in [3.8, 4) is 5.75 Å². The summed E-state index contributed by atoms with van der Waals surface area (Å²) in [6.07, 6.45) is 15.3. The molecule has 0 aliphatic heterocycles. The molecule has 0 heterocycles. The van der Waals surface area contributed by atoms with Gasteiger partial charge in [-0.3, -0.25) is 14.4 Å². The number of rotatable bonds is 12. The first-order valence-electron chi connectivity index (χ1n) is 19.4. The van der Waals surface area contributed by atoms with Gasteiger partial charge in [-0.1, -0.05) is 98.2 Å². The van der Waals surface area contributed by atoms with Gasteiger partial charge in [0.05, 0.1) is 17.3 Å². The molecule has 0 amide bonds. The summed E-state index contributed by atoms with van der Waals surface area (Å²) in [5.41, 5.74) is -0.344. The van der Waals surface area contributed by atoms with Crippen LogP contribution in [0.2, 0.25) is 0 Å². The Morgan fingerprint density at radius 1 is 0.691 bits per heavy atom. The first-order chi connectivity index (χ1) is 22.9. The van der Waals surface area contributed by atoms with Crippen LogP contribution in [0, 0.1) is 16.7 Å². The van der Waals surface area contributed by atoms with Crippen LogP contribution in [0.4, 0.5) is 0 Å². The average molecular weight is 783 g/mol. The molecule has 3 aliphatic rings. The molecule has 3 aliphatic carbocycles. The van der Waals surface area contributed by atoms with E-state index < -0.39 is 11.0 Å². The molecule has 1 atom stereocenters. The van der Waals surface area contributed by atoms with Gasteiger partial charge in [-0.15, -0.1) is 0 Å². The number of aromatic hydroxyl groups is 1. The first-order valence-corrected chi connectivity index (χ1v) is 19.4. The van der Waals surface area contributed by atoms with E-state index in [0.717, 1.165) is 83.5 Å². The Kier molecular flexibility index (Phi) is 31.3. The number of carbonyl (C=O) groups is 3. The fourth-order valence-corrected chi connectivity index (χ4v) is 6.59. The second kappa shape index (κ2) is 27.9. The fourth-order valence-electron chi connectivity index (χ4n) is 6.59. The topological polar surface area (TPSA) is 99.1 Å². The van der Waals surface area contributed by atoms with E-state index in [4.69, 9.17) is 19.3 Å². The highest BCUT2D eigenvalue weighted by molar-refractivity contribution is 5.78. The minimum absolute atomic E-state index is 0. The quantitative estimate of drug-likeness (QED) is 0.166. The summed E-state index contributed by atoms with van der Waals surface area (Å²) in [6, 6.07) is 7.43. The molecule has 0 aromatic heterocycles. The van der Waals surface area contributed by atoms with E-state index in [1.54, 1.807) is 12.1 Å². The molecule has 55 heavy (non-hydrogen) atoms. The lowest BCUT2D eigenvalue weighted by Gasteiger charge is -2.36. The van der Waals surface area contributed by atoms with Crippen LogP contribution < -0.4 is 0 Å². The van der Waals surface area contributed by atoms with Gasteiger partial charge in [-0.05, 0) is 154 Å². The highest BCUT2D eigenvalue weighted by atomic mass is 16.6. The Hall–Kier alpha value is -2.57. The van der Waals surface area contributed by atoms with Crippen molar-refractivity contribution >= 4 is 17.9 Å². The molecule has 328 valence electrons. The lowest BCUT2D eigenvalue weighted by atomic mass is 9.86. The van der Waals surface area contributed by atoms with E-state index in [-0.39, 0.29) is 86.0 Å². The van der Waals surface area contributed by atoms with Gasteiger partial charge in [0.25, 0.3) is 0 Å². The van der Waals surface area contributed by atoms with E-state index in [2.05, 4.69) is 27.7 Å². The monoisotopic (exact) mass is 783 g/mol. The van der Waals surface area contributed by atoms with Gasteiger partial charge < -0.3 is 19.3 Å². The Labute approximate surface area is 342 Å². The number of hydrogen-bond donors (Lipinski definition) is 1. The minimum Gasteiger partial charge on any atom is -0.508 e. The molecule has 0 bridgehead atoms. The number of phenolic OH excluding ortho intramolecular Hbond substituents is 1. The minimum atomic E-state index is -0.626. The summed E-state index contributed by atoms with van der Waals surface area (Å²) in [4.78, 5) is 36.8. The zero-order chi connectivity index (χ0) is 36.9. The van der Waals surface area contributed by atoms with Crippen molar-refractivity contribution in [3.63, 3.8) is 0 Å². The van der Waals surface area contributed by atoms with E-state index in [9.17, 15) is 14.4 Å². The van der Waals surface area contributed by atoms with E-state index >= 15 is 0 Å². The zero-order valence-corrected chi connectivity index (χ0v) is 32.8. The summed E-state index contributed by atoms with van der Waals surface area (Å²) >= 11 is 0.